The number of carboxylic acids is 1. The summed E-state index contributed by atoms with van der Waals surface area (Å²) < 4.78 is 0. The topological polar surface area (TPSA) is 139 Å². The largest absolute Gasteiger partial charge is 0.478 e. The zero-order valence-corrected chi connectivity index (χ0v) is 10.4. The molecule has 1 aromatic rings. The lowest BCUT2D eigenvalue weighted by atomic mass is 10.1. The Bertz CT molecular complexity index is 508. The minimum atomic E-state index is -1.61. The van der Waals surface area contributed by atoms with Crippen LogP contribution in [0.15, 0.2) is 10.5 Å². The van der Waals surface area contributed by atoms with Gasteiger partial charge in [0.25, 0.3) is 5.91 Å². The molecule has 0 aliphatic rings. The number of rotatable bonds is 5. The molecule has 97 valence electrons. The summed E-state index contributed by atoms with van der Waals surface area (Å²) in [6.07, 6.45) is 0. The van der Waals surface area contributed by atoms with Crippen LogP contribution in [0.25, 0.3) is 0 Å². The fourth-order valence-electron chi connectivity index (χ4n) is 0.800. The van der Waals surface area contributed by atoms with Crippen molar-refractivity contribution in [3.63, 3.8) is 0 Å². The number of aliphatic carboxylic acids is 1. The molecule has 0 saturated heterocycles. The second kappa shape index (κ2) is 5.00. The van der Waals surface area contributed by atoms with Crippen LogP contribution in [0.3, 0.4) is 0 Å². The average Bonchev–Trinajstić information content (AvgIpc) is 2.64. The summed E-state index contributed by atoms with van der Waals surface area (Å²) in [5, 5.41) is 13.8. The lowest BCUT2D eigenvalue weighted by Crippen LogP contribution is -2.34. The van der Waals surface area contributed by atoms with Crippen molar-refractivity contribution in [2.75, 3.05) is 5.73 Å². The molecular formula is C9H11N4O4S. The van der Waals surface area contributed by atoms with Gasteiger partial charge in [0.15, 0.2) is 10.8 Å². The lowest BCUT2D eigenvalue weighted by Gasteiger charge is -2.16. The highest BCUT2D eigenvalue weighted by Crippen LogP contribution is 2.14. The predicted octanol–water partition coefficient (Wildman–Crippen LogP) is 0.119. The summed E-state index contributed by atoms with van der Waals surface area (Å²) in [7, 11) is 0. The van der Waals surface area contributed by atoms with Crippen molar-refractivity contribution < 1.29 is 19.5 Å². The van der Waals surface area contributed by atoms with E-state index in [4.69, 9.17) is 21.4 Å². The zero-order chi connectivity index (χ0) is 13.9. The van der Waals surface area contributed by atoms with Crippen molar-refractivity contribution in [1.29, 1.82) is 0 Å². The standard InChI is InChI=1S/C9H11N4O4S/c1-9(2,7(15)16)17-13-5(6(10)14)4-3-18-8(11)12-4/h3,10H,1-2H3,(H2,11,12)(H,15,16). The van der Waals surface area contributed by atoms with Gasteiger partial charge in [-0.05, 0) is 13.8 Å². The third-order valence-electron chi connectivity index (χ3n) is 1.86. The molecule has 1 radical (unpaired) electrons. The first-order valence-corrected chi connectivity index (χ1v) is 5.59. The Balaban J connectivity index is 3.01. The number of hydrogen-bond donors (Lipinski definition) is 2. The fraction of sp³-hybridized carbons (Fsp3) is 0.333. The van der Waals surface area contributed by atoms with Crippen LogP contribution in [0.5, 0.6) is 0 Å². The van der Waals surface area contributed by atoms with Crippen LogP contribution in [0.1, 0.15) is 19.5 Å². The molecule has 0 atom stereocenters. The maximum Gasteiger partial charge on any atom is 0.350 e. The Morgan fingerprint density at radius 2 is 2.22 bits per heavy atom. The van der Waals surface area contributed by atoms with E-state index in [1.807, 2.05) is 0 Å². The molecule has 9 heteroatoms. The van der Waals surface area contributed by atoms with Gasteiger partial charge in [-0.25, -0.2) is 9.78 Å². The maximum absolute atomic E-state index is 11.1. The Hall–Kier alpha value is -2.16. The van der Waals surface area contributed by atoms with E-state index >= 15 is 0 Å². The van der Waals surface area contributed by atoms with Gasteiger partial charge >= 0.3 is 5.97 Å². The predicted molar refractivity (Wildman–Crippen MR) is 64.0 cm³/mol. The van der Waals surface area contributed by atoms with E-state index in [0.29, 0.717) is 0 Å². The van der Waals surface area contributed by atoms with Crippen molar-refractivity contribution >= 4 is 34.1 Å². The SMILES string of the molecule is CC(C)(ON=C(C([NH])=O)c1csc(N)n1)C(=O)O. The highest BCUT2D eigenvalue weighted by atomic mass is 32.1. The van der Waals surface area contributed by atoms with Crippen molar-refractivity contribution in [3.05, 3.63) is 11.1 Å². The Morgan fingerprint density at radius 3 is 2.61 bits per heavy atom. The van der Waals surface area contributed by atoms with Crippen LogP contribution in [-0.4, -0.2) is 33.3 Å². The fourth-order valence-corrected chi connectivity index (χ4v) is 1.35. The zero-order valence-electron chi connectivity index (χ0n) is 9.63. The quantitative estimate of drug-likeness (QED) is 0.576. The molecule has 1 rings (SSSR count). The van der Waals surface area contributed by atoms with E-state index in [-0.39, 0.29) is 10.8 Å². The van der Waals surface area contributed by atoms with E-state index in [9.17, 15) is 9.59 Å². The van der Waals surface area contributed by atoms with Crippen molar-refractivity contribution in [1.82, 2.24) is 10.7 Å². The van der Waals surface area contributed by atoms with Crippen LogP contribution in [0.2, 0.25) is 0 Å². The second-order valence-corrected chi connectivity index (χ2v) is 4.64. The third kappa shape index (κ3) is 3.17. The van der Waals surface area contributed by atoms with Crippen molar-refractivity contribution in [3.8, 4) is 0 Å². The van der Waals surface area contributed by atoms with E-state index in [0.717, 1.165) is 11.3 Å². The molecule has 1 heterocycles. The molecule has 4 N–H and O–H groups in total. The van der Waals surface area contributed by atoms with Gasteiger partial charge in [0.1, 0.15) is 5.69 Å². The van der Waals surface area contributed by atoms with Crippen LogP contribution < -0.4 is 11.5 Å². The molecule has 1 aromatic heterocycles. The molecule has 0 spiro atoms. The number of nitrogens with two attached hydrogens (primary N) is 1. The summed E-state index contributed by atoms with van der Waals surface area (Å²) in [5.41, 5.74) is 10.5. The average molecular weight is 271 g/mol. The maximum atomic E-state index is 11.1. The molecule has 0 aromatic carbocycles. The monoisotopic (exact) mass is 271 g/mol. The third-order valence-corrected chi connectivity index (χ3v) is 2.53. The molecular weight excluding hydrogens is 260 g/mol. The smallest absolute Gasteiger partial charge is 0.350 e. The number of thiazole rings is 1. The molecule has 8 nitrogen and oxygen atoms in total. The first-order chi connectivity index (χ1) is 8.24. The number of amides is 1. The van der Waals surface area contributed by atoms with Crippen LogP contribution >= 0.6 is 11.3 Å². The first kappa shape index (κ1) is 13.9. The number of nitrogens with zero attached hydrogens (tertiary/aromatic N) is 2. The first-order valence-electron chi connectivity index (χ1n) is 4.71. The van der Waals surface area contributed by atoms with Crippen LogP contribution in [0.4, 0.5) is 5.13 Å². The highest BCUT2D eigenvalue weighted by molar-refractivity contribution is 7.13. The Labute approximate surface area is 106 Å². The summed E-state index contributed by atoms with van der Waals surface area (Å²) in [6.45, 7) is 2.53. The number of carbonyl (C=O) groups excluding carboxylic acids is 1. The number of oxime groups is 1. The number of anilines is 1. The van der Waals surface area contributed by atoms with Gasteiger partial charge in [0.05, 0.1) is 0 Å². The number of hydrogen-bond acceptors (Lipinski definition) is 7. The van der Waals surface area contributed by atoms with Crippen LogP contribution in [0, 0.1) is 0 Å². The van der Waals surface area contributed by atoms with Gasteiger partial charge in [-0.1, -0.05) is 5.16 Å². The molecule has 0 bridgehead atoms. The Kier molecular flexibility index (Phi) is 3.86. The molecule has 0 saturated carbocycles. The number of nitrogen functional groups attached to an aromatic ring is 1. The minimum Gasteiger partial charge on any atom is -0.478 e. The van der Waals surface area contributed by atoms with Gasteiger partial charge in [0, 0.05) is 5.38 Å². The summed E-state index contributed by atoms with van der Waals surface area (Å²) >= 11 is 1.07. The lowest BCUT2D eigenvalue weighted by molar-refractivity contribution is -0.161. The van der Waals surface area contributed by atoms with E-state index in [2.05, 4.69) is 10.1 Å². The number of aromatic nitrogens is 1. The summed E-state index contributed by atoms with van der Waals surface area (Å²) in [5.74, 6) is -2.39. The number of carbonyl (C=O) groups is 2. The second-order valence-electron chi connectivity index (χ2n) is 3.75. The summed E-state index contributed by atoms with van der Waals surface area (Å²) in [4.78, 5) is 30.4. The van der Waals surface area contributed by atoms with E-state index in [1.165, 1.54) is 19.2 Å². The van der Waals surface area contributed by atoms with Crippen molar-refractivity contribution in [2.45, 2.75) is 19.4 Å². The molecule has 18 heavy (non-hydrogen) atoms. The van der Waals surface area contributed by atoms with Gasteiger partial charge in [0.2, 0.25) is 5.60 Å². The van der Waals surface area contributed by atoms with Crippen LogP contribution in [-0.2, 0) is 14.4 Å². The van der Waals surface area contributed by atoms with Crippen molar-refractivity contribution in [2.24, 2.45) is 5.16 Å². The van der Waals surface area contributed by atoms with Gasteiger partial charge in [-0.3, -0.25) is 10.5 Å². The molecule has 0 aliphatic heterocycles. The van der Waals surface area contributed by atoms with Gasteiger partial charge in [-0.15, -0.1) is 11.3 Å². The minimum absolute atomic E-state index is 0.0821. The van der Waals surface area contributed by atoms with E-state index < -0.39 is 23.2 Å². The van der Waals surface area contributed by atoms with E-state index in [1.54, 1.807) is 0 Å². The molecule has 0 aliphatic carbocycles. The summed E-state index contributed by atoms with van der Waals surface area (Å²) in [6, 6.07) is 0. The number of carboxylic acid groups (broad SMARTS) is 1. The molecule has 0 fully saturated rings. The number of nitrogens with one attached hydrogen (secondary N) is 1. The highest BCUT2D eigenvalue weighted by Gasteiger charge is 2.30. The van der Waals surface area contributed by atoms with Gasteiger partial charge in [-0.2, -0.15) is 0 Å². The molecule has 0 unspecified atom stereocenters. The Morgan fingerprint density at radius 1 is 1.61 bits per heavy atom. The molecule has 1 amide bonds. The normalized spacial score (nSPS) is 12.2. The van der Waals surface area contributed by atoms with Gasteiger partial charge < -0.3 is 15.7 Å².